The van der Waals surface area contributed by atoms with Gasteiger partial charge in [-0.3, -0.25) is 4.79 Å². The first-order valence-corrected chi connectivity index (χ1v) is 8.31. The number of carbonyl (C=O) groups is 1. The van der Waals surface area contributed by atoms with E-state index in [4.69, 9.17) is 4.74 Å². The number of hydrogen-bond acceptors (Lipinski definition) is 4. The molecule has 0 atom stereocenters. The molecule has 1 amide bonds. The van der Waals surface area contributed by atoms with Crippen LogP contribution in [0.15, 0.2) is 52.0 Å². The molecule has 0 fully saturated rings. The maximum atomic E-state index is 11.8. The van der Waals surface area contributed by atoms with Crippen molar-refractivity contribution in [2.75, 3.05) is 7.11 Å². The molecule has 2 aromatic rings. The number of amides is 1. The molecular formula is C18H19BrN2O3. The number of phenolic OH excluding ortho intramolecular Hbond substituents is 1. The van der Waals surface area contributed by atoms with Crippen molar-refractivity contribution >= 4 is 28.1 Å². The monoisotopic (exact) mass is 390 g/mol. The molecule has 0 radical (unpaired) electrons. The zero-order valence-corrected chi connectivity index (χ0v) is 14.9. The maximum absolute atomic E-state index is 11.8. The molecule has 126 valence electrons. The topological polar surface area (TPSA) is 70.9 Å². The molecule has 2 aromatic carbocycles. The summed E-state index contributed by atoms with van der Waals surface area (Å²) < 4.78 is 5.69. The third-order valence-electron chi connectivity index (χ3n) is 3.40. The normalized spacial score (nSPS) is 10.8. The van der Waals surface area contributed by atoms with Crippen LogP contribution in [0.2, 0.25) is 0 Å². The van der Waals surface area contributed by atoms with Crippen molar-refractivity contribution < 1.29 is 14.6 Å². The van der Waals surface area contributed by atoms with E-state index in [1.165, 1.54) is 11.8 Å². The lowest BCUT2D eigenvalue weighted by molar-refractivity contribution is -0.121. The fourth-order valence-electron chi connectivity index (χ4n) is 2.08. The van der Waals surface area contributed by atoms with Crippen molar-refractivity contribution in [2.24, 2.45) is 5.10 Å². The van der Waals surface area contributed by atoms with Crippen molar-refractivity contribution in [1.82, 2.24) is 5.43 Å². The summed E-state index contributed by atoms with van der Waals surface area (Å²) in [5.74, 6) is 0.860. The third kappa shape index (κ3) is 5.70. The lowest BCUT2D eigenvalue weighted by Crippen LogP contribution is -2.17. The van der Waals surface area contributed by atoms with Gasteiger partial charge in [0.15, 0.2) is 0 Å². The molecule has 0 heterocycles. The molecule has 2 rings (SSSR count). The number of nitrogens with zero attached hydrogens (tertiary/aromatic N) is 1. The number of rotatable bonds is 7. The molecule has 6 heteroatoms. The van der Waals surface area contributed by atoms with Crippen molar-refractivity contribution in [3.8, 4) is 11.5 Å². The van der Waals surface area contributed by atoms with E-state index in [2.05, 4.69) is 26.5 Å². The van der Waals surface area contributed by atoms with E-state index >= 15 is 0 Å². The Hall–Kier alpha value is -2.34. The molecular weight excluding hydrogens is 372 g/mol. The van der Waals surface area contributed by atoms with Crippen LogP contribution in [0.25, 0.3) is 0 Å². The van der Waals surface area contributed by atoms with Gasteiger partial charge in [0.05, 0.1) is 17.8 Å². The summed E-state index contributed by atoms with van der Waals surface area (Å²) in [5.41, 5.74) is 4.45. The Morgan fingerprint density at radius 2 is 2.04 bits per heavy atom. The van der Waals surface area contributed by atoms with Gasteiger partial charge in [-0.15, -0.1) is 0 Å². The molecule has 0 saturated carbocycles. The van der Waals surface area contributed by atoms with Crippen molar-refractivity contribution in [3.63, 3.8) is 0 Å². The Balaban J connectivity index is 1.72. The molecule has 0 aliphatic heterocycles. The standard InChI is InChI=1S/C18H19BrN2O3/c1-24-15-8-5-13(6-9-15)3-2-4-18(23)21-20-12-14-7-10-17(22)16(19)11-14/h5-12,22H,2-4H2,1H3,(H,21,23). The van der Waals surface area contributed by atoms with E-state index in [-0.39, 0.29) is 11.7 Å². The number of aromatic hydroxyl groups is 1. The second-order valence-corrected chi connectivity index (χ2v) is 6.06. The number of halogens is 1. The van der Waals surface area contributed by atoms with E-state index < -0.39 is 0 Å². The molecule has 24 heavy (non-hydrogen) atoms. The highest BCUT2D eigenvalue weighted by molar-refractivity contribution is 9.10. The van der Waals surface area contributed by atoms with Gasteiger partial charge in [-0.1, -0.05) is 12.1 Å². The van der Waals surface area contributed by atoms with E-state index in [1.54, 1.807) is 25.3 Å². The number of nitrogens with one attached hydrogen (secondary N) is 1. The number of ether oxygens (including phenoxy) is 1. The highest BCUT2D eigenvalue weighted by Crippen LogP contribution is 2.23. The van der Waals surface area contributed by atoms with Gasteiger partial charge in [0.1, 0.15) is 11.5 Å². The second kappa shape index (κ2) is 9.08. The van der Waals surface area contributed by atoms with Crippen LogP contribution in [0.4, 0.5) is 0 Å². The first kappa shape index (κ1) is 18.0. The summed E-state index contributed by atoms with van der Waals surface area (Å²) in [4.78, 5) is 11.8. The predicted molar refractivity (Wildman–Crippen MR) is 97.5 cm³/mol. The number of phenols is 1. The highest BCUT2D eigenvalue weighted by Gasteiger charge is 2.01. The molecule has 5 nitrogen and oxygen atoms in total. The molecule has 0 unspecified atom stereocenters. The van der Waals surface area contributed by atoms with Crippen LogP contribution in [0, 0.1) is 0 Å². The average Bonchev–Trinajstić information content (AvgIpc) is 2.59. The second-order valence-electron chi connectivity index (χ2n) is 5.21. The predicted octanol–water partition coefficient (Wildman–Crippen LogP) is 3.64. The van der Waals surface area contributed by atoms with Gasteiger partial charge in [-0.25, -0.2) is 5.43 Å². The Morgan fingerprint density at radius 1 is 1.29 bits per heavy atom. The quantitative estimate of drug-likeness (QED) is 0.559. The zero-order valence-electron chi connectivity index (χ0n) is 13.3. The summed E-state index contributed by atoms with van der Waals surface area (Å²) in [5, 5.41) is 13.3. The van der Waals surface area contributed by atoms with Crippen LogP contribution in [-0.4, -0.2) is 24.3 Å². The minimum Gasteiger partial charge on any atom is -0.507 e. The van der Waals surface area contributed by atoms with Crippen LogP contribution in [-0.2, 0) is 11.2 Å². The maximum Gasteiger partial charge on any atom is 0.240 e. The van der Waals surface area contributed by atoms with E-state index in [9.17, 15) is 9.90 Å². The Morgan fingerprint density at radius 3 is 2.71 bits per heavy atom. The third-order valence-corrected chi connectivity index (χ3v) is 4.04. The molecule has 2 N–H and O–H groups in total. The van der Waals surface area contributed by atoms with Gasteiger partial charge in [0, 0.05) is 6.42 Å². The number of carbonyl (C=O) groups excluding carboxylic acids is 1. The summed E-state index contributed by atoms with van der Waals surface area (Å²) in [7, 11) is 1.64. The van der Waals surface area contributed by atoms with E-state index in [1.807, 2.05) is 24.3 Å². The number of methoxy groups -OCH3 is 1. The van der Waals surface area contributed by atoms with Crippen LogP contribution in [0.5, 0.6) is 11.5 Å². The minimum atomic E-state index is -0.127. The van der Waals surface area contributed by atoms with Crippen molar-refractivity contribution in [3.05, 3.63) is 58.1 Å². The van der Waals surface area contributed by atoms with Gasteiger partial charge in [0.2, 0.25) is 5.91 Å². The number of aryl methyl sites for hydroxylation is 1. The van der Waals surface area contributed by atoms with Gasteiger partial charge in [-0.2, -0.15) is 5.10 Å². The van der Waals surface area contributed by atoms with E-state index in [0.29, 0.717) is 10.9 Å². The van der Waals surface area contributed by atoms with Gasteiger partial charge >= 0.3 is 0 Å². The molecule has 0 bridgehead atoms. The van der Waals surface area contributed by atoms with Crippen LogP contribution in [0.3, 0.4) is 0 Å². The molecule has 0 aliphatic rings. The summed E-state index contributed by atoms with van der Waals surface area (Å²) in [6, 6.07) is 12.8. The zero-order chi connectivity index (χ0) is 17.4. The Bertz CT molecular complexity index is 715. The van der Waals surface area contributed by atoms with Crippen LogP contribution in [0.1, 0.15) is 24.0 Å². The number of hydrazone groups is 1. The number of benzene rings is 2. The fourth-order valence-corrected chi connectivity index (χ4v) is 2.48. The van der Waals surface area contributed by atoms with Crippen molar-refractivity contribution in [1.29, 1.82) is 0 Å². The lowest BCUT2D eigenvalue weighted by Gasteiger charge is -2.03. The largest absolute Gasteiger partial charge is 0.507 e. The summed E-state index contributed by atoms with van der Waals surface area (Å²) in [6.45, 7) is 0. The van der Waals surface area contributed by atoms with Crippen molar-refractivity contribution in [2.45, 2.75) is 19.3 Å². The Labute approximate surface area is 149 Å². The minimum absolute atomic E-state index is 0.127. The highest BCUT2D eigenvalue weighted by atomic mass is 79.9. The first-order valence-electron chi connectivity index (χ1n) is 7.52. The van der Waals surface area contributed by atoms with E-state index in [0.717, 1.165) is 24.2 Å². The average molecular weight is 391 g/mol. The van der Waals surface area contributed by atoms with Gasteiger partial charge < -0.3 is 9.84 Å². The molecule has 0 saturated heterocycles. The van der Waals surface area contributed by atoms with Gasteiger partial charge in [0.25, 0.3) is 0 Å². The summed E-state index contributed by atoms with van der Waals surface area (Å²) >= 11 is 3.23. The van der Waals surface area contributed by atoms with Crippen LogP contribution >= 0.6 is 15.9 Å². The first-order chi connectivity index (χ1) is 11.6. The SMILES string of the molecule is COc1ccc(CCCC(=O)NN=Cc2ccc(O)c(Br)c2)cc1. The fraction of sp³-hybridized carbons (Fsp3) is 0.222. The molecule has 0 spiro atoms. The van der Waals surface area contributed by atoms with Gasteiger partial charge in [-0.05, 0) is 70.2 Å². The lowest BCUT2D eigenvalue weighted by atomic mass is 10.1. The smallest absolute Gasteiger partial charge is 0.240 e. The Kier molecular flexibility index (Phi) is 6.81. The summed E-state index contributed by atoms with van der Waals surface area (Å²) in [6.07, 6.45) is 3.51. The molecule has 0 aromatic heterocycles. The number of hydrogen-bond donors (Lipinski definition) is 2. The van der Waals surface area contributed by atoms with Crippen LogP contribution < -0.4 is 10.2 Å². The molecule has 0 aliphatic carbocycles.